The standard InChI is InChI=1S/C11H13FINO2/c1-11(14,10(15)16)5-7-2-8(6-12)4-9(13)3-7/h2-4H,5-6,14H2,1H3,(H,15,16)/t11-/m0/s1. The summed E-state index contributed by atoms with van der Waals surface area (Å²) in [5, 5.41) is 8.90. The van der Waals surface area contributed by atoms with E-state index in [1.165, 1.54) is 6.92 Å². The molecule has 0 saturated carbocycles. The van der Waals surface area contributed by atoms with Crippen LogP contribution in [0.25, 0.3) is 0 Å². The zero-order valence-corrected chi connectivity index (χ0v) is 11.0. The van der Waals surface area contributed by atoms with E-state index in [1.54, 1.807) is 12.1 Å². The van der Waals surface area contributed by atoms with Crippen LogP contribution in [0.3, 0.4) is 0 Å². The van der Waals surface area contributed by atoms with E-state index in [2.05, 4.69) is 22.6 Å². The van der Waals surface area contributed by atoms with Crippen molar-refractivity contribution in [3.63, 3.8) is 0 Å². The highest BCUT2D eigenvalue weighted by Gasteiger charge is 2.28. The second kappa shape index (κ2) is 5.09. The Morgan fingerprint density at radius 1 is 1.50 bits per heavy atom. The van der Waals surface area contributed by atoms with Gasteiger partial charge in [0.05, 0.1) is 0 Å². The lowest BCUT2D eigenvalue weighted by Gasteiger charge is -2.19. The number of hydrogen-bond donors (Lipinski definition) is 2. The number of aliphatic carboxylic acids is 1. The second-order valence-electron chi connectivity index (χ2n) is 4.00. The predicted octanol–water partition coefficient (Wildman–Crippen LogP) is 2.11. The SMILES string of the molecule is C[C@](N)(Cc1cc(I)cc(CF)c1)C(=O)O. The van der Waals surface area contributed by atoms with Gasteiger partial charge in [0.15, 0.2) is 0 Å². The minimum atomic E-state index is -1.32. The van der Waals surface area contributed by atoms with Gasteiger partial charge in [0.1, 0.15) is 12.2 Å². The molecule has 88 valence electrons. The van der Waals surface area contributed by atoms with Crippen molar-refractivity contribution in [3.8, 4) is 0 Å². The first kappa shape index (κ1) is 13.4. The first-order valence-corrected chi connectivity index (χ1v) is 5.79. The molecule has 0 amide bonds. The summed E-state index contributed by atoms with van der Waals surface area (Å²) in [6, 6.07) is 5.18. The normalized spacial score (nSPS) is 14.5. The topological polar surface area (TPSA) is 63.3 Å². The fourth-order valence-corrected chi connectivity index (χ4v) is 2.20. The van der Waals surface area contributed by atoms with Gasteiger partial charge in [-0.1, -0.05) is 6.07 Å². The van der Waals surface area contributed by atoms with Crippen molar-refractivity contribution in [1.29, 1.82) is 0 Å². The Morgan fingerprint density at radius 2 is 2.06 bits per heavy atom. The van der Waals surface area contributed by atoms with Crippen LogP contribution in [0, 0.1) is 3.57 Å². The molecule has 0 aliphatic carbocycles. The number of halogens is 2. The zero-order chi connectivity index (χ0) is 12.3. The maximum Gasteiger partial charge on any atom is 0.323 e. The Morgan fingerprint density at radius 3 is 2.56 bits per heavy atom. The molecule has 16 heavy (non-hydrogen) atoms. The largest absolute Gasteiger partial charge is 0.480 e. The maximum atomic E-state index is 12.5. The van der Waals surface area contributed by atoms with Crippen molar-refractivity contribution < 1.29 is 14.3 Å². The van der Waals surface area contributed by atoms with Gasteiger partial charge in [0, 0.05) is 9.99 Å². The van der Waals surface area contributed by atoms with E-state index >= 15 is 0 Å². The number of rotatable bonds is 4. The fraction of sp³-hybridized carbons (Fsp3) is 0.364. The minimum absolute atomic E-state index is 0.187. The Bertz CT molecular complexity index is 407. The van der Waals surface area contributed by atoms with Crippen LogP contribution < -0.4 is 5.73 Å². The lowest BCUT2D eigenvalue weighted by atomic mass is 9.93. The predicted molar refractivity (Wildman–Crippen MR) is 67.9 cm³/mol. The quantitative estimate of drug-likeness (QED) is 0.827. The van der Waals surface area contributed by atoms with Crippen LogP contribution in [-0.4, -0.2) is 16.6 Å². The Labute approximate surface area is 107 Å². The molecule has 1 rings (SSSR count). The van der Waals surface area contributed by atoms with Gasteiger partial charge in [0.25, 0.3) is 0 Å². The van der Waals surface area contributed by atoms with Crippen molar-refractivity contribution in [2.75, 3.05) is 0 Å². The summed E-state index contributed by atoms with van der Waals surface area (Å²) in [5.74, 6) is -1.06. The molecule has 3 N–H and O–H groups in total. The molecular weight excluding hydrogens is 324 g/mol. The highest BCUT2D eigenvalue weighted by molar-refractivity contribution is 14.1. The third-order valence-corrected chi connectivity index (χ3v) is 2.85. The van der Waals surface area contributed by atoms with Crippen molar-refractivity contribution in [3.05, 3.63) is 32.9 Å². The molecule has 1 aromatic rings. The van der Waals surface area contributed by atoms with Crippen LogP contribution in [0.15, 0.2) is 18.2 Å². The first-order valence-electron chi connectivity index (χ1n) is 4.72. The summed E-state index contributed by atoms with van der Waals surface area (Å²) in [4.78, 5) is 10.9. The molecule has 0 bridgehead atoms. The minimum Gasteiger partial charge on any atom is -0.480 e. The van der Waals surface area contributed by atoms with Gasteiger partial charge in [-0.05, 0) is 52.8 Å². The molecule has 0 fully saturated rings. The Balaban J connectivity index is 2.97. The molecule has 0 saturated heterocycles. The third kappa shape index (κ3) is 3.41. The summed E-state index contributed by atoms with van der Waals surface area (Å²) in [6.45, 7) is 0.891. The van der Waals surface area contributed by atoms with Gasteiger partial charge in [-0.15, -0.1) is 0 Å². The molecule has 0 aliphatic heterocycles. The summed E-state index contributed by atoms with van der Waals surface area (Å²) in [5.41, 5.74) is 5.60. The van der Waals surface area contributed by atoms with Gasteiger partial charge in [0.2, 0.25) is 0 Å². The first-order chi connectivity index (χ1) is 7.35. The number of alkyl halides is 1. The monoisotopic (exact) mass is 337 g/mol. The van der Waals surface area contributed by atoms with E-state index < -0.39 is 18.2 Å². The smallest absolute Gasteiger partial charge is 0.323 e. The molecule has 0 aliphatic rings. The summed E-state index contributed by atoms with van der Waals surface area (Å²) < 4.78 is 13.4. The van der Waals surface area contributed by atoms with Gasteiger partial charge in [-0.3, -0.25) is 4.79 Å². The highest BCUT2D eigenvalue weighted by Crippen LogP contribution is 2.17. The van der Waals surface area contributed by atoms with Crippen molar-refractivity contribution in [2.45, 2.75) is 25.6 Å². The van der Waals surface area contributed by atoms with Crippen LogP contribution >= 0.6 is 22.6 Å². The third-order valence-electron chi connectivity index (χ3n) is 2.23. The molecule has 0 unspecified atom stereocenters. The number of hydrogen-bond acceptors (Lipinski definition) is 2. The van der Waals surface area contributed by atoms with E-state index in [0.29, 0.717) is 5.56 Å². The summed E-state index contributed by atoms with van der Waals surface area (Å²) in [6.07, 6.45) is 0.187. The van der Waals surface area contributed by atoms with Crippen LogP contribution in [0.2, 0.25) is 0 Å². The molecule has 1 atom stereocenters. The Hall–Kier alpha value is -0.690. The average Bonchev–Trinajstić information content (AvgIpc) is 2.15. The number of carboxylic acid groups (broad SMARTS) is 1. The van der Waals surface area contributed by atoms with Crippen molar-refractivity contribution >= 4 is 28.6 Å². The number of carboxylic acids is 1. The number of nitrogens with two attached hydrogens (primary N) is 1. The summed E-state index contributed by atoms with van der Waals surface area (Å²) >= 11 is 2.07. The fourth-order valence-electron chi connectivity index (χ4n) is 1.40. The highest BCUT2D eigenvalue weighted by atomic mass is 127. The van der Waals surface area contributed by atoms with Crippen LogP contribution in [-0.2, 0) is 17.9 Å². The van der Waals surface area contributed by atoms with Crippen LogP contribution in [0.1, 0.15) is 18.1 Å². The van der Waals surface area contributed by atoms with Gasteiger partial charge in [-0.2, -0.15) is 0 Å². The Kier molecular flexibility index (Phi) is 4.26. The molecule has 0 spiro atoms. The molecule has 3 nitrogen and oxygen atoms in total. The lowest BCUT2D eigenvalue weighted by Crippen LogP contribution is -2.46. The van der Waals surface area contributed by atoms with Gasteiger partial charge >= 0.3 is 5.97 Å². The molecule has 5 heteroatoms. The molecule has 0 radical (unpaired) electrons. The second-order valence-corrected chi connectivity index (χ2v) is 5.25. The molecule has 0 aromatic heterocycles. The molecule has 1 aromatic carbocycles. The molecule has 0 heterocycles. The molecular formula is C11H13FINO2. The number of carbonyl (C=O) groups is 1. The average molecular weight is 337 g/mol. The van der Waals surface area contributed by atoms with Crippen LogP contribution in [0.4, 0.5) is 4.39 Å². The van der Waals surface area contributed by atoms with Crippen molar-refractivity contribution in [1.82, 2.24) is 0 Å². The number of benzene rings is 1. The van der Waals surface area contributed by atoms with Gasteiger partial charge in [-0.25, -0.2) is 4.39 Å². The van der Waals surface area contributed by atoms with E-state index in [-0.39, 0.29) is 6.42 Å². The van der Waals surface area contributed by atoms with Gasteiger partial charge < -0.3 is 10.8 Å². The maximum absolute atomic E-state index is 12.5. The van der Waals surface area contributed by atoms with E-state index in [1.807, 2.05) is 6.07 Å². The van der Waals surface area contributed by atoms with Crippen molar-refractivity contribution in [2.24, 2.45) is 5.73 Å². The summed E-state index contributed by atoms with van der Waals surface area (Å²) in [7, 11) is 0. The van der Waals surface area contributed by atoms with E-state index in [0.717, 1.165) is 9.13 Å². The van der Waals surface area contributed by atoms with Crippen LogP contribution in [0.5, 0.6) is 0 Å². The van der Waals surface area contributed by atoms with E-state index in [4.69, 9.17) is 10.8 Å². The lowest BCUT2D eigenvalue weighted by molar-refractivity contribution is -0.142. The zero-order valence-electron chi connectivity index (χ0n) is 8.84. The van der Waals surface area contributed by atoms with E-state index in [9.17, 15) is 9.18 Å².